The Labute approximate surface area is 159 Å². The van der Waals surface area contributed by atoms with Crippen molar-refractivity contribution in [3.8, 4) is 17.3 Å². The van der Waals surface area contributed by atoms with Crippen molar-refractivity contribution >= 4 is 5.91 Å². The van der Waals surface area contributed by atoms with Crippen LogP contribution in [0.4, 0.5) is 0 Å². The average Bonchev–Trinajstić information content (AvgIpc) is 3.14. The van der Waals surface area contributed by atoms with E-state index in [4.69, 9.17) is 5.26 Å². The van der Waals surface area contributed by atoms with E-state index < -0.39 is 0 Å². The number of nitriles is 1. The van der Waals surface area contributed by atoms with E-state index >= 15 is 0 Å². The normalized spacial score (nSPS) is 30.9. The molecule has 2 N–H and O–H groups in total. The van der Waals surface area contributed by atoms with Crippen LogP contribution in [-0.2, 0) is 11.3 Å². The van der Waals surface area contributed by atoms with E-state index in [1.54, 1.807) is 12.3 Å². The molecule has 138 valence electrons. The molecule has 0 unspecified atom stereocenters. The summed E-state index contributed by atoms with van der Waals surface area (Å²) in [6.45, 7) is 0.429. The fourth-order valence-corrected chi connectivity index (χ4v) is 6.10. The van der Waals surface area contributed by atoms with Gasteiger partial charge in [0, 0.05) is 11.0 Å². The monoisotopic (exact) mass is 360 g/mol. The Morgan fingerprint density at radius 2 is 1.93 bits per heavy atom. The lowest BCUT2D eigenvalue weighted by molar-refractivity contribution is -0.146. The van der Waals surface area contributed by atoms with Gasteiger partial charge in [-0.3, -0.25) is 4.79 Å². The summed E-state index contributed by atoms with van der Waals surface area (Å²) >= 11 is 0. The summed E-state index contributed by atoms with van der Waals surface area (Å²) in [4.78, 5) is 20.7. The van der Waals surface area contributed by atoms with Crippen molar-refractivity contribution in [3.63, 3.8) is 0 Å². The van der Waals surface area contributed by atoms with Crippen LogP contribution >= 0.6 is 0 Å². The number of amides is 1. The number of hydrogen-bond acceptors (Lipinski definition) is 3. The second-order valence-electron chi connectivity index (χ2n) is 8.82. The van der Waals surface area contributed by atoms with Gasteiger partial charge < -0.3 is 10.3 Å². The van der Waals surface area contributed by atoms with Gasteiger partial charge in [0.15, 0.2) is 0 Å². The largest absolute Gasteiger partial charge is 0.348 e. The third-order valence-corrected chi connectivity index (χ3v) is 6.87. The van der Waals surface area contributed by atoms with E-state index in [-0.39, 0.29) is 11.3 Å². The van der Waals surface area contributed by atoms with Crippen LogP contribution in [-0.4, -0.2) is 15.9 Å². The smallest absolute Gasteiger partial charge is 0.226 e. The zero-order valence-corrected chi connectivity index (χ0v) is 15.4. The molecular weight excluding hydrogens is 336 g/mol. The Hall–Kier alpha value is -2.61. The van der Waals surface area contributed by atoms with Crippen molar-refractivity contribution < 1.29 is 4.79 Å². The molecule has 4 fully saturated rings. The molecule has 0 atom stereocenters. The van der Waals surface area contributed by atoms with Crippen molar-refractivity contribution in [1.82, 2.24) is 15.3 Å². The van der Waals surface area contributed by atoms with Gasteiger partial charge in [0.05, 0.1) is 30.1 Å². The molecule has 1 aromatic heterocycles. The number of aromatic nitrogens is 2. The van der Waals surface area contributed by atoms with Crippen LogP contribution in [0.25, 0.3) is 11.3 Å². The number of H-pyrrole nitrogens is 1. The van der Waals surface area contributed by atoms with Crippen LogP contribution in [0.15, 0.2) is 30.5 Å². The zero-order chi connectivity index (χ0) is 18.4. The second kappa shape index (κ2) is 6.23. The van der Waals surface area contributed by atoms with Gasteiger partial charge in [0.2, 0.25) is 5.91 Å². The Kier molecular flexibility index (Phi) is 3.82. The molecule has 4 bridgehead atoms. The summed E-state index contributed by atoms with van der Waals surface area (Å²) in [5, 5.41) is 12.2. The number of nitrogens with zero attached hydrogens (tertiary/aromatic N) is 2. The summed E-state index contributed by atoms with van der Waals surface area (Å²) in [7, 11) is 0. The molecule has 4 aliphatic rings. The van der Waals surface area contributed by atoms with Crippen LogP contribution in [0, 0.1) is 34.5 Å². The molecule has 0 saturated heterocycles. The Balaban J connectivity index is 1.26. The Morgan fingerprint density at radius 3 is 2.59 bits per heavy atom. The van der Waals surface area contributed by atoms with Gasteiger partial charge in [0.25, 0.3) is 0 Å². The molecule has 0 aliphatic heterocycles. The minimum absolute atomic E-state index is 0.120. The SMILES string of the molecule is N#Cc1cccc(-c2cnc(CNC(=O)C34CC5CC(CC(C5)C3)C4)[nH]2)c1. The van der Waals surface area contributed by atoms with Crippen LogP contribution in [0.3, 0.4) is 0 Å². The van der Waals surface area contributed by atoms with Crippen LogP contribution in [0.1, 0.15) is 49.9 Å². The zero-order valence-electron chi connectivity index (χ0n) is 15.4. The number of carbonyl (C=O) groups excluding carboxylic acids is 1. The fourth-order valence-electron chi connectivity index (χ4n) is 6.10. The molecule has 1 aromatic carbocycles. The number of benzene rings is 1. The van der Waals surface area contributed by atoms with Crippen LogP contribution in [0.5, 0.6) is 0 Å². The van der Waals surface area contributed by atoms with E-state index in [2.05, 4.69) is 21.4 Å². The van der Waals surface area contributed by atoms with Crippen molar-refractivity contribution in [2.75, 3.05) is 0 Å². The maximum Gasteiger partial charge on any atom is 0.226 e. The van der Waals surface area contributed by atoms with Gasteiger partial charge in [-0.1, -0.05) is 12.1 Å². The van der Waals surface area contributed by atoms with E-state index in [1.165, 1.54) is 19.3 Å². The van der Waals surface area contributed by atoms with Gasteiger partial charge >= 0.3 is 0 Å². The van der Waals surface area contributed by atoms with Gasteiger partial charge in [-0.05, 0) is 68.4 Å². The molecule has 5 heteroatoms. The molecule has 5 nitrogen and oxygen atoms in total. The molecule has 1 amide bonds. The first kappa shape index (κ1) is 16.6. The molecule has 27 heavy (non-hydrogen) atoms. The van der Waals surface area contributed by atoms with E-state index in [0.717, 1.165) is 54.1 Å². The van der Waals surface area contributed by atoms with Crippen LogP contribution in [0.2, 0.25) is 0 Å². The lowest BCUT2D eigenvalue weighted by Gasteiger charge is -2.55. The van der Waals surface area contributed by atoms with Crippen molar-refractivity contribution in [2.24, 2.45) is 23.2 Å². The Morgan fingerprint density at radius 1 is 1.22 bits per heavy atom. The molecular formula is C22H24N4O. The lowest BCUT2D eigenvalue weighted by atomic mass is 9.49. The molecule has 1 heterocycles. The Bertz CT molecular complexity index is 887. The highest BCUT2D eigenvalue weighted by molar-refractivity contribution is 5.83. The van der Waals surface area contributed by atoms with Gasteiger partial charge in [-0.15, -0.1) is 0 Å². The minimum Gasteiger partial charge on any atom is -0.348 e. The average molecular weight is 360 g/mol. The maximum atomic E-state index is 13.0. The summed E-state index contributed by atoms with van der Waals surface area (Å²) in [6, 6.07) is 9.59. The van der Waals surface area contributed by atoms with E-state index in [9.17, 15) is 4.79 Å². The molecule has 6 rings (SSSR count). The van der Waals surface area contributed by atoms with E-state index in [1.807, 2.05) is 18.2 Å². The van der Waals surface area contributed by atoms with Crippen molar-refractivity contribution in [1.29, 1.82) is 5.26 Å². The first-order chi connectivity index (χ1) is 13.1. The maximum absolute atomic E-state index is 13.0. The highest BCUT2D eigenvalue weighted by atomic mass is 16.2. The first-order valence-corrected chi connectivity index (χ1v) is 9.96. The number of nitrogens with one attached hydrogen (secondary N) is 2. The number of aromatic amines is 1. The second-order valence-corrected chi connectivity index (χ2v) is 8.82. The number of carbonyl (C=O) groups is 1. The third kappa shape index (κ3) is 2.93. The predicted octanol–water partition coefficient (Wildman–Crippen LogP) is 3.78. The summed E-state index contributed by atoms with van der Waals surface area (Å²) in [5.41, 5.74) is 2.30. The fraction of sp³-hybridized carbons (Fsp3) is 0.500. The van der Waals surface area contributed by atoms with Gasteiger partial charge in [-0.25, -0.2) is 4.98 Å². The molecule has 0 spiro atoms. The molecule has 0 radical (unpaired) electrons. The summed E-state index contributed by atoms with van der Waals surface area (Å²) in [6.07, 6.45) is 9.03. The van der Waals surface area contributed by atoms with Gasteiger partial charge in [-0.2, -0.15) is 5.26 Å². The number of hydrogen-bond donors (Lipinski definition) is 2. The molecule has 4 saturated carbocycles. The predicted molar refractivity (Wildman–Crippen MR) is 101 cm³/mol. The lowest BCUT2D eigenvalue weighted by Crippen LogP contribution is -2.53. The molecule has 4 aliphatic carbocycles. The van der Waals surface area contributed by atoms with Crippen molar-refractivity contribution in [3.05, 3.63) is 41.9 Å². The van der Waals surface area contributed by atoms with Crippen LogP contribution < -0.4 is 5.32 Å². The van der Waals surface area contributed by atoms with E-state index in [0.29, 0.717) is 12.1 Å². The standard InChI is InChI=1S/C22H24N4O/c23-11-14-2-1-3-18(7-14)19-12-24-20(26-19)13-25-21(27)22-8-15-4-16(9-22)6-17(5-15)10-22/h1-3,7,12,15-17H,4-6,8-10,13H2,(H,24,26)(H,25,27). The quantitative estimate of drug-likeness (QED) is 0.870. The number of rotatable bonds is 4. The topological polar surface area (TPSA) is 81.6 Å². The summed E-state index contributed by atoms with van der Waals surface area (Å²) < 4.78 is 0. The third-order valence-electron chi connectivity index (χ3n) is 6.87. The highest BCUT2D eigenvalue weighted by Gasteiger charge is 2.54. The highest BCUT2D eigenvalue weighted by Crippen LogP contribution is 2.60. The number of imidazole rings is 1. The van der Waals surface area contributed by atoms with Gasteiger partial charge in [0.1, 0.15) is 5.82 Å². The first-order valence-electron chi connectivity index (χ1n) is 9.96. The minimum atomic E-state index is -0.120. The van der Waals surface area contributed by atoms with Crippen molar-refractivity contribution in [2.45, 2.75) is 45.1 Å². The molecule has 2 aromatic rings. The summed E-state index contributed by atoms with van der Waals surface area (Å²) in [5.74, 6) is 3.29.